The van der Waals surface area contributed by atoms with Crippen molar-refractivity contribution in [1.82, 2.24) is 0 Å². The fourth-order valence-electron chi connectivity index (χ4n) is 2.54. The Morgan fingerprint density at radius 2 is 1.92 bits per heavy atom. The number of nitrogens with two attached hydrogens (primary N) is 1. The van der Waals surface area contributed by atoms with Crippen molar-refractivity contribution in [2.45, 2.75) is 51.7 Å². The van der Waals surface area contributed by atoms with Crippen molar-refractivity contribution < 1.29 is 19.0 Å². The average Bonchev–Trinajstić information content (AvgIpc) is 3.08. The number of amides is 1. The third-order valence-corrected chi connectivity index (χ3v) is 3.80. The van der Waals surface area contributed by atoms with Crippen LogP contribution in [0.3, 0.4) is 0 Å². The van der Waals surface area contributed by atoms with Gasteiger partial charge in [0.1, 0.15) is 6.10 Å². The molecule has 3 N–H and O–H groups in total. The van der Waals surface area contributed by atoms with E-state index < -0.39 is 6.10 Å². The maximum atomic E-state index is 12.3. The number of rotatable bonds is 9. The van der Waals surface area contributed by atoms with E-state index in [1.54, 1.807) is 6.07 Å². The van der Waals surface area contributed by atoms with E-state index in [2.05, 4.69) is 12.2 Å². The molecule has 134 valence electrons. The predicted molar refractivity (Wildman–Crippen MR) is 93.6 cm³/mol. The van der Waals surface area contributed by atoms with Crippen LogP contribution >= 0.6 is 0 Å². The van der Waals surface area contributed by atoms with E-state index in [1.165, 1.54) is 0 Å². The molecular formula is C18H28N2O4. The summed E-state index contributed by atoms with van der Waals surface area (Å²) in [5.74, 6) is 1.20. The van der Waals surface area contributed by atoms with Crippen LogP contribution in [0.1, 0.15) is 39.5 Å². The number of carbonyl (C=O) groups is 1. The molecule has 0 spiro atoms. The molecule has 0 saturated carbocycles. The summed E-state index contributed by atoms with van der Waals surface area (Å²) in [5, 5.41) is 2.89. The van der Waals surface area contributed by atoms with Gasteiger partial charge in [0.05, 0.1) is 19.3 Å². The van der Waals surface area contributed by atoms with Gasteiger partial charge in [-0.25, -0.2) is 0 Å². The topological polar surface area (TPSA) is 82.8 Å². The van der Waals surface area contributed by atoms with E-state index in [0.717, 1.165) is 19.3 Å². The third-order valence-electron chi connectivity index (χ3n) is 3.80. The summed E-state index contributed by atoms with van der Waals surface area (Å²) in [4.78, 5) is 12.3. The molecule has 1 fully saturated rings. The molecule has 0 aliphatic carbocycles. The molecule has 1 aliphatic heterocycles. The molecule has 1 saturated heterocycles. The van der Waals surface area contributed by atoms with Gasteiger partial charge in [-0.05, 0) is 37.8 Å². The molecule has 0 bridgehead atoms. The Kier molecular flexibility index (Phi) is 7.34. The minimum atomic E-state index is -0.436. The number of anilines is 1. The smallest absolute Gasteiger partial charge is 0.253 e. The molecule has 1 amide bonds. The lowest BCUT2D eigenvalue weighted by molar-refractivity contribution is -0.126. The highest BCUT2D eigenvalue weighted by molar-refractivity contribution is 5.94. The standard InChI is InChI=1S/C18H28N2O4/c1-3-9-22-15-7-5-13(11-17(15)23-10-4-2)20-18(21)16-8-6-14(12-19)24-16/h5,7,11,14,16H,3-4,6,8-10,12,19H2,1-2H3,(H,20,21)/t14-,16+/m1/s1. The van der Waals surface area contributed by atoms with Crippen LogP contribution in [-0.2, 0) is 9.53 Å². The number of carbonyl (C=O) groups excluding carboxylic acids is 1. The van der Waals surface area contributed by atoms with Crippen molar-refractivity contribution in [3.05, 3.63) is 18.2 Å². The van der Waals surface area contributed by atoms with Crippen molar-refractivity contribution in [3.8, 4) is 11.5 Å². The Hall–Kier alpha value is -1.79. The zero-order valence-corrected chi connectivity index (χ0v) is 14.5. The molecule has 2 atom stereocenters. The molecular weight excluding hydrogens is 308 g/mol. The zero-order chi connectivity index (χ0) is 17.4. The summed E-state index contributed by atoms with van der Waals surface area (Å²) in [6, 6.07) is 5.44. The molecule has 1 aromatic rings. The van der Waals surface area contributed by atoms with Crippen LogP contribution in [0.15, 0.2) is 18.2 Å². The van der Waals surface area contributed by atoms with Gasteiger partial charge < -0.3 is 25.3 Å². The Morgan fingerprint density at radius 3 is 2.54 bits per heavy atom. The normalized spacial score (nSPS) is 20.0. The Morgan fingerprint density at radius 1 is 1.21 bits per heavy atom. The summed E-state index contributed by atoms with van der Waals surface area (Å²) in [6.07, 6.45) is 2.89. The molecule has 1 heterocycles. The van der Waals surface area contributed by atoms with Gasteiger partial charge in [-0.2, -0.15) is 0 Å². The molecule has 1 aliphatic rings. The van der Waals surface area contributed by atoms with Crippen molar-refractivity contribution in [2.24, 2.45) is 5.73 Å². The Bertz CT molecular complexity index is 536. The fourth-order valence-corrected chi connectivity index (χ4v) is 2.54. The van der Waals surface area contributed by atoms with Crippen LogP contribution in [0.4, 0.5) is 5.69 Å². The molecule has 24 heavy (non-hydrogen) atoms. The van der Waals surface area contributed by atoms with Gasteiger partial charge in [0.25, 0.3) is 5.91 Å². The van der Waals surface area contributed by atoms with Crippen LogP contribution in [0.5, 0.6) is 11.5 Å². The molecule has 6 nitrogen and oxygen atoms in total. The first-order valence-electron chi connectivity index (χ1n) is 8.74. The van der Waals surface area contributed by atoms with Crippen LogP contribution < -0.4 is 20.5 Å². The quantitative estimate of drug-likeness (QED) is 0.724. The van der Waals surface area contributed by atoms with Gasteiger partial charge in [0, 0.05) is 18.3 Å². The zero-order valence-electron chi connectivity index (χ0n) is 14.5. The summed E-state index contributed by atoms with van der Waals surface area (Å²) < 4.78 is 17.1. The summed E-state index contributed by atoms with van der Waals surface area (Å²) in [7, 11) is 0. The van der Waals surface area contributed by atoms with Crippen molar-refractivity contribution >= 4 is 11.6 Å². The van der Waals surface area contributed by atoms with E-state index in [1.807, 2.05) is 19.1 Å². The second-order valence-electron chi connectivity index (χ2n) is 5.91. The first-order chi connectivity index (χ1) is 11.7. The maximum absolute atomic E-state index is 12.3. The van der Waals surface area contributed by atoms with Gasteiger partial charge in [-0.1, -0.05) is 13.8 Å². The van der Waals surface area contributed by atoms with Crippen LogP contribution in [0.2, 0.25) is 0 Å². The van der Waals surface area contributed by atoms with Crippen molar-refractivity contribution in [2.75, 3.05) is 25.1 Å². The number of nitrogens with one attached hydrogen (secondary N) is 1. The van der Waals surface area contributed by atoms with Gasteiger partial charge >= 0.3 is 0 Å². The molecule has 0 radical (unpaired) electrons. The van der Waals surface area contributed by atoms with Crippen LogP contribution in [0.25, 0.3) is 0 Å². The number of ether oxygens (including phenoxy) is 3. The predicted octanol–water partition coefficient (Wildman–Crippen LogP) is 2.71. The minimum absolute atomic E-state index is 0.0194. The molecule has 2 rings (SSSR count). The largest absolute Gasteiger partial charge is 0.490 e. The molecule has 1 aromatic carbocycles. The minimum Gasteiger partial charge on any atom is -0.490 e. The highest BCUT2D eigenvalue weighted by atomic mass is 16.5. The van der Waals surface area contributed by atoms with Gasteiger partial charge in [-0.3, -0.25) is 4.79 Å². The summed E-state index contributed by atoms with van der Waals surface area (Å²) in [6.45, 7) is 5.78. The maximum Gasteiger partial charge on any atom is 0.253 e. The number of benzene rings is 1. The lowest BCUT2D eigenvalue weighted by Crippen LogP contribution is -2.29. The molecule has 0 aromatic heterocycles. The highest BCUT2D eigenvalue weighted by Crippen LogP contribution is 2.31. The number of hydrogen-bond donors (Lipinski definition) is 2. The van der Waals surface area contributed by atoms with E-state index in [-0.39, 0.29) is 12.0 Å². The van der Waals surface area contributed by atoms with Crippen LogP contribution in [-0.4, -0.2) is 37.9 Å². The fraction of sp³-hybridized carbons (Fsp3) is 0.611. The lowest BCUT2D eigenvalue weighted by Gasteiger charge is -2.16. The first-order valence-corrected chi connectivity index (χ1v) is 8.74. The monoisotopic (exact) mass is 336 g/mol. The van der Waals surface area contributed by atoms with E-state index in [0.29, 0.717) is 43.4 Å². The highest BCUT2D eigenvalue weighted by Gasteiger charge is 2.29. The summed E-state index contributed by atoms with van der Waals surface area (Å²) in [5.41, 5.74) is 6.26. The lowest BCUT2D eigenvalue weighted by atomic mass is 10.2. The first kappa shape index (κ1) is 18.5. The van der Waals surface area contributed by atoms with E-state index in [9.17, 15) is 4.79 Å². The SMILES string of the molecule is CCCOc1ccc(NC(=O)[C@@H]2CC[C@H](CN)O2)cc1OCCC. The van der Waals surface area contributed by atoms with Crippen molar-refractivity contribution in [1.29, 1.82) is 0 Å². The van der Waals surface area contributed by atoms with Gasteiger partial charge in [0.15, 0.2) is 11.5 Å². The Balaban J connectivity index is 2.02. The van der Waals surface area contributed by atoms with E-state index in [4.69, 9.17) is 19.9 Å². The van der Waals surface area contributed by atoms with Gasteiger partial charge in [-0.15, -0.1) is 0 Å². The second kappa shape index (κ2) is 9.49. The Labute approximate surface area is 143 Å². The van der Waals surface area contributed by atoms with E-state index >= 15 is 0 Å². The summed E-state index contributed by atoms with van der Waals surface area (Å²) >= 11 is 0. The van der Waals surface area contributed by atoms with Crippen molar-refractivity contribution in [3.63, 3.8) is 0 Å². The second-order valence-corrected chi connectivity index (χ2v) is 5.91. The molecule has 0 unspecified atom stereocenters. The van der Waals surface area contributed by atoms with Crippen LogP contribution in [0, 0.1) is 0 Å². The third kappa shape index (κ3) is 5.11. The number of hydrogen-bond acceptors (Lipinski definition) is 5. The molecule has 6 heteroatoms. The van der Waals surface area contributed by atoms with Gasteiger partial charge in [0.2, 0.25) is 0 Å². The average molecular weight is 336 g/mol.